The quantitative estimate of drug-likeness (QED) is 0.888. The number of carbonyl (C=O) groups excluding carboxylic acids is 1. The van der Waals surface area contributed by atoms with Crippen LogP contribution in [-0.2, 0) is 7.05 Å². The molecule has 0 unspecified atom stereocenters. The van der Waals surface area contributed by atoms with Crippen molar-refractivity contribution in [2.24, 2.45) is 12.8 Å². The first-order valence-corrected chi connectivity index (χ1v) is 6.89. The van der Waals surface area contributed by atoms with E-state index in [1.54, 1.807) is 0 Å². The molecule has 0 bridgehead atoms. The highest BCUT2D eigenvalue weighted by atomic mass is 16.1. The standard InChI is InChI=1S/C15H20N4O/c1-17-6-8-19(9-7-17)13-5-3-4-11-12(15(16)20)10-18(2)14(11)13/h3-5,10H,6-9H2,1-2H3,(H2,16,20). The van der Waals surface area contributed by atoms with Gasteiger partial charge in [-0.15, -0.1) is 0 Å². The molecule has 1 fully saturated rings. The molecule has 1 saturated heterocycles. The summed E-state index contributed by atoms with van der Waals surface area (Å²) in [5.74, 6) is -0.369. The molecule has 2 N–H and O–H groups in total. The lowest BCUT2D eigenvalue weighted by Crippen LogP contribution is -2.44. The number of anilines is 1. The van der Waals surface area contributed by atoms with Crippen LogP contribution in [0.15, 0.2) is 24.4 Å². The highest BCUT2D eigenvalue weighted by Crippen LogP contribution is 2.30. The number of piperazine rings is 1. The molecule has 106 valence electrons. The van der Waals surface area contributed by atoms with Gasteiger partial charge in [-0.05, 0) is 13.1 Å². The van der Waals surface area contributed by atoms with E-state index >= 15 is 0 Å². The fourth-order valence-corrected chi connectivity index (χ4v) is 2.95. The minimum absolute atomic E-state index is 0.369. The zero-order chi connectivity index (χ0) is 14.3. The zero-order valence-electron chi connectivity index (χ0n) is 12.0. The molecule has 1 aliphatic heterocycles. The predicted molar refractivity (Wildman–Crippen MR) is 81.1 cm³/mol. The van der Waals surface area contributed by atoms with E-state index in [1.165, 1.54) is 5.69 Å². The Bertz CT molecular complexity index is 653. The largest absolute Gasteiger partial charge is 0.367 e. The normalized spacial score (nSPS) is 16.8. The fraction of sp³-hybridized carbons (Fsp3) is 0.400. The SMILES string of the molecule is CN1CCN(c2cccc3c(C(N)=O)cn(C)c23)CC1. The van der Waals surface area contributed by atoms with Crippen molar-refractivity contribution >= 4 is 22.5 Å². The minimum Gasteiger partial charge on any atom is -0.367 e. The van der Waals surface area contributed by atoms with Crippen molar-refractivity contribution in [3.05, 3.63) is 30.0 Å². The molecule has 0 spiro atoms. The van der Waals surface area contributed by atoms with Crippen molar-refractivity contribution in [3.8, 4) is 0 Å². The van der Waals surface area contributed by atoms with Crippen molar-refractivity contribution in [1.29, 1.82) is 0 Å². The molecule has 0 atom stereocenters. The van der Waals surface area contributed by atoms with E-state index in [0.29, 0.717) is 5.56 Å². The molecule has 3 rings (SSSR count). The number of rotatable bonds is 2. The first kappa shape index (κ1) is 13.0. The maximum atomic E-state index is 11.5. The number of nitrogens with two attached hydrogens (primary N) is 1. The molecule has 2 aromatic rings. The van der Waals surface area contributed by atoms with E-state index in [1.807, 2.05) is 29.9 Å². The Balaban J connectivity index is 2.10. The van der Waals surface area contributed by atoms with Crippen LogP contribution < -0.4 is 10.6 Å². The van der Waals surface area contributed by atoms with E-state index < -0.39 is 0 Å². The van der Waals surface area contributed by atoms with E-state index in [-0.39, 0.29) is 5.91 Å². The fourth-order valence-electron chi connectivity index (χ4n) is 2.95. The number of carbonyl (C=O) groups is 1. The number of aryl methyl sites for hydroxylation is 1. The second-order valence-electron chi connectivity index (χ2n) is 5.48. The summed E-state index contributed by atoms with van der Waals surface area (Å²) in [5, 5.41) is 0.941. The predicted octanol–water partition coefficient (Wildman–Crippen LogP) is 1.03. The number of aromatic nitrogens is 1. The summed E-state index contributed by atoms with van der Waals surface area (Å²) in [4.78, 5) is 16.3. The van der Waals surface area contributed by atoms with E-state index in [4.69, 9.17) is 5.73 Å². The number of fused-ring (bicyclic) bond motifs is 1. The third-order valence-electron chi connectivity index (χ3n) is 4.09. The monoisotopic (exact) mass is 272 g/mol. The van der Waals surface area contributed by atoms with Gasteiger partial charge in [0.2, 0.25) is 0 Å². The summed E-state index contributed by atoms with van der Waals surface area (Å²) >= 11 is 0. The van der Waals surface area contributed by atoms with Crippen LogP contribution in [0.4, 0.5) is 5.69 Å². The smallest absolute Gasteiger partial charge is 0.250 e. The van der Waals surface area contributed by atoms with Crippen LogP contribution in [-0.4, -0.2) is 48.6 Å². The Morgan fingerprint density at radius 2 is 1.85 bits per heavy atom. The van der Waals surface area contributed by atoms with Gasteiger partial charge in [0.05, 0.1) is 16.8 Å². The van der Waals surface area contributed by atoms with E-state index in [2.05, 4.69) is 22.9 Å². The van der Waals surface area contributed by atoms with Gasteiger partial charge in [0, 0.05) is 44.8 Å². The topological polar surface area (TPSA) is 54.5 Å². The summed E-state index contributed by atoms with van der Waals surface area (Å²) in [7, 11) is 4.11. The number of benzene rings is 1. The first-order chi connectivity index (χ1) is 9.58. The molecule has 20 heavy (non-hydrogen) atoms. The van der Waals surface area contributed by atoms with Gasteiger partial charge in [0.1, 0.15) is 0 Å². The number of hydrogen-bond donors (Lipinski definition) is 1. The van der Waals surface area contributed by atoms with Gasteiger partial charge in [-0.2, -0.15) is 0 Å². The van der Waals surface area contributed by atoms with Crippen LogP contribution in [0.2, 0.25) is 0 Å². The van der Waals surface area contributed by atoms with Gasteiger partial charge in [-0.3, -0.25) is 4.79 Å². The average Bonchev–Trinajstić information content (AvgIpc) is 2.78. The van der Waals surface area contributed by atoms with Crippen LogP contribution in [0.1, 0.15) is 10.4 Å². The summed E-state index contributed by atoms with van der Waals surface area (Å²) in [5.41, 5.74) is 8.34. The van der Waals surface area contributed by atoms with Crippen molar-refractivity contribution in [2.75, 3.05) is 38.1 Å². The highest BCUT2D eigenvalue weighted by molar-refractivity contribution is 6.09. The molecule has 1 aromatic heterocycles. The number of likely N-dealkylation sites (N-methyl/N-ethyl adjacent to an activating group) is 1. The van der Waals surface area contributed by atoms with Crippen LogP contribution >= 0.6 is 0 Å². The molecule has 5 heteroatoms. The zero-order valence-corrected chi connectivity index (χ0v) is 12.0. The van der Waals surface area contributed by atoms with Gasteiger partial charge in [-0.25, -0.2) is 0 Å². The molecule has 0 aliphatic carbocycles. The van der Waals surface area contributed by atoms with Crippen molar-refractivity contribution in [3.63, 3.8) is 0 Å². The van der Waals surface area contributed by atoms with Gasteiger partial charge in [-0.1, -0.05) is 12.1 Å². The maximum absolute atomic E-state index is 11.5. The second kappa shape index (κ2) is 4.83. The average molecular weight is 272 g/mol. The molecular formula is C15H20N4O. The summed E-state index contributed by atoms with van der Waals surface area (Å²) in [6.45, 7) is 4.13. The number of para-hydroxylation sites is 1. The van der Waals surface area contributed by atoms with Crippen LogP contribution in [0.3, 0.4) is 0 Å². The van der Waals surface area contributed by atoms with Crippen molar-refractivity contribution in [1.82, 2.24) is 9.47 Å². The van der Waals surface area contributed by atoms with Crippen molar-refractivity contribution < 1.29 is 4.79 Å². The van der Waals surface area contributed by atoms with Gasteiger partial charge < -0.3 is 20.1 Å². The molecule has 0 radical (unpaired) electrons. The summed E-state index contributed by atoms with van der Waals surface area (Å²) in [6, 6.07) is 6.09. The molecule has 2 heterocycles. The lowest BCUT2D eigenvalue weighted by atomic mass is 10.1. The summed E-state index contributed by atoms with van der Waals surface area (Å²) < 4.78 is 2.00. The van der Waals surface area contributed by atoms with Crippen LogP contribution in [0, 0.1) is 0 Å². The maximum Gasteiger partial charge on any atom is 0.250 e. The minimum atomic E-state index is -0.369. The Morgan fingerprint density at radius 1 is 1.15 bits per heavy atom. The Labute approximate surface area is 118 Å². The lowest BCUT2D eigenvalue weighted by Gasteiger charge is -2.34. The number of hydrogen-bond acceptors (Lipinski definition) is 3. The Hall–Kier alpha value is -2.01. The van der Waals surface area contributed by atoms with Gasteiger partial charge >= 0.3 is 0 Å². The highest BCUT2D eigenvalue weighted by Gasteiger charge is 2.20. The number of primary amides is 1. The Kier molecular flexibility index (Phi) is 3.14. The first-order valence-electron chi connectivity index (χ1n) is 6.89. The third kappa shape index (κ3) is 2.04. The molecule has 1 aromatic carbocycles. The number of amides is 1. The van der Waals surface area contributed by atoms with Gasteiger partial charge in [0.15, 0.2) is 0 Å². The van der Waals surface area contributed by atoms with Crippen LogP contribution in [0.25, 0.3) is 10.9 Å². The Morgan fingerprint density at radius 3 is 2.50 bits per heavy atom. The third-order valence-corrected chi connectivity index (χ3v) is 4.09. The molecule has 1 amide bonds. The van der Waals surface area contributed by atoms with E-state index in [0.717, 1.165) is 37.1 Å². The molecule has 0 saturated carbocycles. The second-order valence-corrected chi connectivity index (χ2v) is 5.48. The lowest BCUT2D eigenvalue weighted by molar-refractivity contribution is 0.100. The molecule has 5 nitrogen and oxygen atoms in total. The number of nitrogens with zero attached hydrogens (tertiary/aromatic N) is 3. The van der Waals surface area contributed by atoms with Gasteiger partial charge in [0.25, 0.3) is 5.91 Å². The summed E-state index contributed by atoms with van der Waals surface area (Å²) in [6.07, 6.45) is 1.83. The molecule has 1 aliphatic rings. The van der Waals surface area contributed by atoms with E-state index in [9.17, 15) is 4.79 Å². The molecular weight excluding hydrogens is 252 g/mol. The van der Waals surface area contributed by atoms with Crippen molar-refractivity contribution in [2.45, 2.75) is 0 Å². The van der Waals surface area contributed by atoms with Crippen LogP contribution in [0.5, 0.6) is 0 Å².